The van der Waals surface area contributed by atoms with Crippen LogP contribution in [-0.2, 0) is 4.79 Å². The molecule has 2 rings (SSSR count). The van der Waals surface area contributed by atoms with E-state index in [9.17, 15) is 4.79 Å². The van der Waals surface area contributed by atoms with Gasteiger partial charge in [0.05, 0.1) is 0 Å². The molecule has 0 bridgehead atoms. The van der Waals surface area contributed by atoms with Crippen molar-refractivity contribution in [2.75, 3.05) is 6.54 Å². The number of nitrogens with two attached hydrogens (primary N) is 1. The Morgan fingerprint density at radius 3 is 2.71 bits per heavy atom. The Hall–Kier alpha value is -0.570. The standard InChI is InChI=1S/C11H20N2O/c1-2-10(5-8-3-4-8)13-7-9(12)6-11(13)14/h8-10H,2-7,12H2,1H3. The van der Waals surface area contributed by atoms with Gasteiger partial charge in [0.15, 0.2) is 0 Å². The fourth-order valence-electron chi connectivity index (χ4n) is 2.37. The summed E-state index contributed by atoms with van der Waals surface area (Å²) in [5, 5.41) is 0. The van der Waals surface area contributed by atoms with Gasteiger partial charge in [0, 0.05) is 25.0 Å². The van der Waals surface area contributed by atoms with Crippen molar-refractivity contribution in [1.82, 2.24) is 4.90 Å². The molecule has 0 spiro atoms. The Morgan fingerprint density at radius 1 is 1.57 bits per heavy atom. The van der Waals surface area contributed by atoms with Gasteiger partial charge >= 0.3 is 0 Å². The van der Waals surface area contributed by atoms with Gasteiger partial charge < -0.3 is 10.6 Å². The van der Waals surface area contributed by atoms with Crippen LogP contribution in [0.1, 0.15) is 39.0 Å². The van der Waals surface area contributed by atoms with Gasteiger partial charge in [0.1, 0.15) is 0 Å². The lowest BCUT2D eigenvalue weighted by Gasteiger charge is -2.27. The summed E-state index contributed by atoms with van der Waals surface area (Å²) in [6.07, 6.45) is 5.57. The van der Waals surface area contributed by atoms with E-state index >= 15 is 0 Å². The lowest BCUT2D eigenvalue weighted by molar-refractivity contribution is -0.129. The highest BCUT2D eigenvalue weighted by molar-refractivity contribution is 5.79. The highest BCUT2D eigenvalue weighted by Crippen LogP contribution is 2.36. The average Bonchev–Trinajstić information content (AvgIpc) is 2.89. The molecule has 1 aliphatic carbocycles. The topological polar surface area (TPSA) is 46.3 Å². The molecule has 0 aromatic rings. The SMILES string of the molecule is CCC(CC1CC1)N1CC(N)CC1=O. The molecule has 14 heavy (non-hydrogen) atoms. The number of rotatable bonds is 4. The van der Waals surface area contributed by atoms with Crippen LogP contribution in [0.25, 0.3) is 0 Å². The normalized spacial score (nSPS) is 29.7. The van der Waals surface area contributed by atoms with Crippen molar-refractivity contribution < 1.29 is 4.79 Å². The number of carbonyl (C=O) groups is 1. The van der Waals surface area contributed by atoms with Gasteiger partial charge in [-0.2, -0.15) is 0 Å². The van der Waals surface area contributed by atoms with Crippen LogP contribution in [0.4, 0.5) is 0 Å². The predicted octanol–water partition coefficient (Wildman–Crippen LogP) is 1.12. The van der Waals surface area contributed by atoms with Crippen LogP contribution in [0.15, 0.2) is 0 Å². The molecule has 80 valence electrons. The number of hydrogen-bond acceptors (Lipinski definition) is 2. The number of nitrogens with zero attached hydrogens (tertiary/aromatic N) is 1. The van der Waals surface area contributed by atoms with Crippen molar-refractivity contribution in [3.63, 3.8) is 0 Å². The van der Waals surface area contributed by atoms with Gasteiger partial charge in [0.2, 0.25) is 5.91 Å². The average molecular weight is 196 g/mol. The van der Waals surface area contributed by atoms with E-state index in [2.05, 4.69) is 6.92 Å². The van der Waals surface area contributed by atoms with E-state index in [1.807, 2.05) is 4.90 Å². The zero-order chi connectivity index (χ0) is 10.1. The minimum atomic E-state index is 0.0794. The second-order valence-electron chi connectivity index (χ2n) is 4.75. The number of amides is 1. The van der Waals surface area contributed by atoms with Crippen molar-refractivity contribution in [2.45, 2.75) is 51.1 Å². The molecule has 2 atom stereocenters. The zero-order valence-corrected chi connectivity index (χ0v) is 8.91. The summed E-state index contributed by atoms with van der Waals surface area (Å²) < 4.78 is 0. The Labute approximate surface area is 85.6 Å². The summed E-state index contributed by atoms with van der Waals surface area (Å²) >= 11 is 0. The maximum absolute atomic E-state index is 11.6. The Kier molecular flexibility index (Phi) is 2.77. The molecular formula is C11H20N2O. The highest BCUT2D eigenvalue weighted by Gasteiger charge is 2.34. The minimum Gasteiger partial charge on any atom is -0.338 e. The summed E-state index contributed by atoms with van der Waals surface area (Å²) in [5.74, 6) is 1.16. The molecule has 2 unspecified atom stereocenters. The molecule has 0 aromatic heterocycles. The van der Waals surface area contributed by atoms with Crippen LogP contribution in [0.5, 0.6) is 0 Å². The van der Waals surface area contributed by atoms with E-state index in [-0.39, 0.29) is 11.9 Å². The molecule has 2 N–H and O–H groups in total. The number of hydrogen-bond donors (Lipinski definition) is 1. The smallest absolute Gasteiger partial charge is 0.224 e. The highest BCUT2D eigenvalue weighted by atomic mass is 16.2. The van der Waals surface area contributed by atoms with E-state index in [0.717, 1.165) is 18.9 Å². The summed E-state index contributed by atoms with van der Waals surface area (Å²) in [4.78, 5) is 13.6. The first-order chi connectivity index (χ1) is 6.70. The van der Waals surface area contributed by atoms with E-state index < -0.39 is 0 Å². The summed E-state index contributed by atoms with van der Waals surface area (Å²) in [6, 6.07) is 0.541. The molecule has 1 aliphatic heterocycles. The summed E-state index contributed by atoms with van der Waals surface area (Å²) in [6.45, 7) is 2.95. The van der Waals surface area contributed by atoms with Gasteiger partial charge in [-0.15, -0.1) is 0 Å². The van der Waals surface area contributed by atoms with Gasteiger partial charge in [-0.1, -0.05) is 19.8 Å². The third-order valence-electron chi connectivity index (χ3n) is 3.40. The Morgan fingerprint density at radius 2 is 2.29 bits per heavy atom. The van der Waals surface area contributed by atoms with Crippen LogP contribution < -0.4 is 5.73 Å². The van der Waals surface area contributed by atoms with E-state index in [1.165, 1.54) is 19.3 Å². The third kappa shape index (κ3) is 2.08. The molecule has 0 aromatic carbocycles. The fraction of sp³-hybridized carbons (Fsp3) is 0.909. The van der Waals surface area contributed by atoms with Crippen LogP contribution in [0.3, 0.4) is 0 Å². The molecule has 0 radical (unpaired) electrons. The summed E-state index contributed by atoms with van der Waals surface area (Å²) in [7, 11) is 0. The van der Waals surface area contributed by atoms with Crippen molar-refractivity contribution in [3.8, 4) is 0 Å². The molecule has 1 heterocycles. The Bertz CT molecular complexity index is 225. The molecule has 1 saturated carbocycles. The van der Waals surface area contributed by atoms with Crippen molar-refractivity contribution in [1.29, 1.82) is 0 Å². The van der Waals surface area contributed by atoms with Crippen LogP contribution >= 0.6 is 0 Å². The largest absolute Gasteiger partial charge is 0.338 e. The molecule has 3 nitrogen and oxygen atoms in total. The molecule has 1 amide bonds. The first-order valence-electron chi connectivity index (χ1n) is 5.75. The summed E-state index contributed by atoms with van der Waals surface area (Å²) in [5.41, 5.74) is 5.79. The maximum atomic E-state index is 11.6. The predicted molar refractivity (Wildman–Crippen MR) is 55.7 cm³/mol. The molecule has 3 heteroatoms. The van der Waals surface area contributed by atoms with Crippen LogP contribution in [0, 0.1) is 5.92 Å². The van der Waals surface area contributed by atoms with Crippen LogP contribution in [0.2, 0.25) is 0 Å². The lowest BCUT2D eigenvalue weighted by atomic mass is 10.1. The van der Waals surface area contributed by atoms with Gasteiger partial charge in [0.25, 0.3) is 0 Å². The van der Waals surface area contributed by atoms with E-state index in [4.69, 9.17) is 5.73 Å². The third-order valence-corrected chi connectivity index (χ3v) is 3.40. The van der Waals surface area contributed by atoms with Gasteiger partial charge in [-0.05, 0) is 18.8 Å². The molecule has 2 aliphatic rings. The zero-order valence-electron chi connectivity index (χ0n) is 8.91. The minimum absolute atomic E-state index is 0.0794. The monoisotopic (exact) mass is 196 g/mol. The second-order valence-corrected chi connectivity index (χ2v) is 4.75. The fourth-order valence-corrected chi connectivity index (χ4v) is 2.37. The van der Waals surface area contributed by atoms with Gasteiger partial charge in [-0.25, -0.2) is 0 Å². The molecule has 2 fully saturated rings. The maximum Gasteiger partial charge on any atom is 0.224 e. The first-order valence-corrected chi connectivity index (χ1v) is 5.75. The van der Waals surface area contributed by atoms with Crippen LogP contribution in [-0.4, -0.2) is 29.4 Å². The van der Waals surface area contributed by atoms with Crippen molar-refractivity contribution in [3.05, 3.63) is 0 Å². The van der Waals surface area contributed by atoms with Crippen molar-refractivity contribution in [2.24, 2.45) is 11.7 Å². The number of carbonyl (C=O) groups excluding carboxylic acids is 1. The first kappa shape index (κ1) is 9.97. The molecular weight excluding hydrogens is 176 g/mol. The van der Waals surface area contributed by atoms with Crippen molar-refractivity contribution >= 4 is 5.91 Å². The van der Waals surface area contributed by atoms with E-state index in [1.54, 1.807) is 0 Å². The quantitative estimate of drug-likeness (QED) is 0.732. The molecule has 1 saturated heterocycles. The second kappa shape index (κ2) is 3.89. The lowest BCUT2D eigenvalue weighted by Crippen LogP contribution is -2.37. The van der Waals surface area contributed by atoms with Gasteiger partial charge in [-0.3, -0.25) is 4.79 Å². The Balaban J connectivity index is 1.92. The van der Waals surface area contributed by atoms with E-state index in [0.29, 0.717) is 12.5 Å². The number of likely N-dealkylation sites (tertiary alicyclic amines) is 1.